The summed E-state index contributed by atoms with van der Waals surface area (Å²) >= 11 is 0. The van der Waals surface area contributed by atoms with Crippen molar-refractivity contribution in [2.75, 3.05) is 26.2 Å². The van der Waals surface area contributed by atoms with E-state index in [1.165, 1.54) is 32.0 Å². The number of rotatable bonds is 24. The number of carbonyl (C=O) groups excluding carboxylic acids is 11. The van der Waals surface area contributed by atoms with Gasteiger partial charge in [0.1, 0.15) is 42.3 Å². The Bertz CT molecular complexity index is 1640. The first-order valence-corrected chi connectivity index (χ1v) is 19.7. The molecule has 0 spiro atoms. The van der Waals surface area contributed by atoms with Crippen LogP contribution < -0.4 is 54.0 Å². The van der Waals surface area contributed by atoms with Crippen LogP contribution in [-0.4, -0.2) is 172 Å². The summed E-state index contributed by atoms with van der Waals surface area (Å²) in [7, 11) is 0. The molecule has 0 aliphatic carbocycles. The van der Waals surface area contributed by atoms with Crippen LogP contribution in [0.3, 0.4) is 0 Å². The second-order valence-corrected chi connectivity index (χ2v) is 15.1. The van der Waals surface area contributed by atoms with Crippen molar-refractivity contribution < 1.29 is 68.1 Å². The number of carbonyl (C=O) groups is 10. The monoisotopic (exact) mass is 868 g/mol. The number of nitrogens with zero attached hydrogens (tertiary/aromatic N) is 1. The Balaban J connectivity index is 2.08. The molecule has 2 aliphatic rings. The van der Waals surface area contributed by atoms with Gasteiger partial charge in [0.2, 0.25) is 65.4 Å². The number of nitrogens with two attached hydrogens (primary N) is 2. The second-order valence-electron chi connectivity index (χ2n) is 15.1. The number of primary amides is 2. The molecule has 1 radical (unpaired) electrons. The van der Waals surface area contributed by atoms with Gasteiger partial charge in [0.05, 0.1) is 44.2 Å². The summed E-state index contributed by atoms with van der Waals surface area (Å²) in [5.74, 6) is -10.3. The van der Waals surface area contributed by atoms with Crippen LogP contribution >= 0.6 is 0 Å². The first-order valence-electron chi connectivity index (χ1n) is 19.7. The van der Waals surface area contributed by atoms with E-state index >= 15 is 0 Å². The van der Waals surface area contributed by atoms with Gasteiger partial charge in [0.15, 0.2) is 0 Å². The van der Waals surface area contributed by atoms with Gasteiger partial charge in [-0.05, 0) is 52.0 Å². The molecular formula is C36H58N11O14. The molecule has 2 saturated heterocycles. The molecule has 2 fully saturated rings. The van der Waals surface area contributed by atoms with E-state index in [0.29, 0.717) is 32.4 Å². The maximum atomic E-state index is 13.5. The molecule has 10 amide bonds. The highest BCUT2D eigenvalue weighted by Gasteiger charge is 2.40. The molecule has 10 atom stereocenters. The maximum Gasteiger partial charge on any atom is 0.245 e. The molecule has 0 aromatic carbocycles. The number of aliphatic hydroxyl groups excluding tert-OH is 3. The predicted molar refractivity (Wildman–Crippen MR) is 209 cm³/mol. The van der Waals surface area contributed by atoms with Gasteiger partial charge in [-0.2, -0.15) is 0 Å². The molecule has 0 bridgehead atoms. The average Bonchev–Trinajstić information content (AvgIpc) is 3.91. The van der Waals surface area contributed by atoms with E-state index in [-0.39, 0.29) is 5.91 Å². The summed E-state index contributed by atoms with van der Waals surface area (Å²) < 4.78 is 0. The number of aliphatic hydroxyl groups is 3. The lowest BCUT2D eigenvalue weighted by Gasteiger charge is -2.30. The van der Waals surface area contributed by atoms with Gasteiger partial charge >= 0.3 is 0 Å². The predicted octanol–water partition coefficient (Wildman–Crippen LogP) is -7.98. The molecule has 0 aromatic heterocycles. The number of amides is 10. The third-order valence-corrected chi connectivity index (χ3v) is 9.75. The first-order chi connectivity index (χ1) is 28.6. The Morgan fingerprint density at radius 2 is 1.28 bits per heavy atom. The Morgan fingerprint density at radius 3 is 1.77 bits per heavy atom. The Morgan fingerprint density at radius 1 is 0.705 bits per heavy atom. The smallest absolute Gasteiger partial charge is 0.245 e. The van der Waals surface area contributed by atoms with E-state index in [1.807, 2.05) is 0 Å². The minimum atomic E-state index is -1.75. The Labute approximate surface area is 350 Å². The SMILES string of the molecule is CC(C)[C@H](NC(=O)[C@H](CC(N)=O)NC(=O)[C@@H](NC(=O)[C@@H]1CCCN1C(=O)[C@@H]1CCCN1)[C@@H](C)O)C(=O)NCC(=O)N[C@@H](CO)C(=O)N[C@@H](CC(N)=O)C(=O)N[C@H]([C]=O)[C@@H](C)O. The van der Waals surface area contributed by atoms with Gasteiger partial charge in [-0.25, -0.2) is 0 Å². The van der Waals surface area contributed by atoms with Gasteiger partial charge in [0.25, 0.3) is 0 Å². The highest BCUT2D eigenvalue weighted by atomic mass is 16.3. The van der Waals surface area contributed by atoms with Crippen LogP contribution in [0.4, 0.5) is 0 Å². The normalized spacial score (nSPS) is 20.0. The van der Waals surface area contributed by atoms with E-state index in [0.717, 1.165) is 13.3 Å². The van der Waals surface area contributed by atoms with Crippen LogP contribution in [0.2, 0.25) is 0 Å². The van der Waals surface area contributed by atoms with Crippen LogP contribution in [0.25, 0.3) is 0 Å². The minimum absolute atomic E-state index is 0.257. The topological polar surface area (TPSA) is 400 Å². The summed E-state index contributed by atoms with van der Waals surface area (Å²) in [5, 5.41) is 48.5. The second kappa shape index (κ2) is 24.5. The van der Waals surface area contributed by atoms with E-state index in [2.05, 4.69) is 42.5 Å². The van der Waals surface area contributed by atoms with Crippen LogP contribution in [0, 0.1) is 5.92 Å². The standard InChI is InChI=1S/C36H58N11O14/c1-16(2)28(34(59)40-13-27(54)41-23(15-49)32(57)42-20(11-25(37)52)30(55)44-22(14-48)17(3)50)45-31(56)21(12-26(38)53)43-35(60)29(18(4)51)46-33(58)24-8-6-10-47(24)36(61)19-7-5-9-39-19/h16-24,28-29,39,49-51H,5-13,15H2,1-4H3,(H2,37,52)(H2,38,53)(H,40,59)(H,41,54)(H,42,57)(H,43,60)(H,44,55)(H,45,56)(H,46,58)/t17-,18-,19+,20+,21+,22-,23+,24+,28+,29+/m1/s1. The Kier molecular flexibility index (Phi) is 20.6. The molecule has 341 valence electrons. The van der Waals surface area contributed by atoms with E-state index < -0.39 is 146 Å². The molecule has 2 rings (SSSR count). The molecule has 0 aromatic rings. The molecule has 2 heterocycles. The van der Waals surface area contributed by atoms with Crippen LogP contribution in [-0.2, 0) is 52.7 Å². The summed E-state index contributed by atoms with van der Waals surface area (Å²) in [6.07, 6.45) is -0.875. The van der Waals surface area contributed by atoms with Gasteiger partial charge in [-0.3, -0.25) is 52.7 Å². The molecule has 25 nitrogen and oxygen atoms in total. The zero-order chi connectivity index (χ0) is 46.1. The van der Waals surface area contributed by atoms with Crippen LogP contribution in [0.1, 0.15) is 66.2 Å². The Hall–Kier alpha value is -5.79. The number of hydrogen-bond acceptors (Lipinski definition) is 15. The number of hydrogen-bond donors (Lipinski definition) is 13. The van der Waals surface area contributed by atoms with E-state index in [1.54, 1.807) is 0 Å². The molecule has 15 N–H and O–H groups in total. The van der Waals surface area contributed by atoms with Crippen LogP contribution in [0.15, 0.2) is 0 Å². The van der Waals surface area contributed by atoms with Crippen molar-refractivity contribution in [3.63, 3.8) is 0 Å². The zero-order valence-corrected chi connectivity index (χ0v) is 34.4. The van der Waals surface area contributed by atoms with Crippen molar-refractivity contribution in [1.82, 2.24) is 47.4 Å². The summed E-state index contributed by atoms with van der Waals surface area (Å²) in [6, 6.07) is -11.1. The van der Waals surface area contributed by atoms with Gasteiger partial charge < -0.3 is 74.2 Å². The van der Waals surface area contributed by atoms with Gasteiger partial charge in [0, 0.05) is 6.54 Å². The fourth-order valence-corrected chi connectivity index (χ4v) is 6.42. The molecule has 0 unspecified atom stereocenters. The number of likely N-dealkylation sites (tertiary alicyclic amines) is 1. The van der Waals surface area contributed by atoms with Crippen molar-refractivity contribution in [2.24, 2.45) is 17.4 Å². The lowest BCUT2D eigenvalue weighted by atomic mass is 10.0. The zero-order valence-electron chi connectivity index (χ0n) is 34.4. The lowest BCUT2D eigenvalue weighted by molar-refractivity contribution is -0.141. The van der Waals surface area contributed by atoms with Gasteiger partial charge in [-0.15, -0.1) is 0 Å². The molecule has 61 heavy (non-hydrogen) atoms. The van der Waals surface area contributed by atoms with Crippen molar-refractivity contribution in [3.05, 3.63) is 0 Å². The van der Waals surface area contributed by atoms with Gasteiger partial charge in [-0.1, -0.05) is 13.8 Å². The summed E-state index contributed by atoms with van der Waals surface area (Å²) in [4.78, 5) is 141. The average molecular weight is 869 g/mol. The van der Waals surface area contributed by atoms with E-state index in [4.69, 9.17) is 11.5 Å². The molecule has 25 heteroatoms. The summed E-state index contributed by atoms with van der Waals surface area (Å²) in [5.41, 5.74) is 10.5. The molecule has 0 saturated carbocycles. The van der Waals surface area contributed by atoms with Crippen molar-refractivity contribution in [1.29, 1.82) is 0 Å². The van der Waals surface area contributed by atoms with E-state index in [9.17, 15) is 68.1 Å². The fraction of sp³-hybridized carbons (Fsp3) is 0.694. The van der Waals surface area contributed by atoms with Crippen molar-refractivity contribution >= 4 is 65.4 Å². The van der Waals surface area contributed by atoms with Crippen molar-refractivity contribution in [3.8, 4) is 0 Å². The fourth-order valence-electron chi connectivity index (χ4n) is 6.42. The van der Waals surface area contributed by atoms with Crippen molar-refractivity contribution in [2.45, 2.75) is 127 Å². The molecular weight excluding hydrogens is 810 g/mol. The summed E-state index contributed by atoms with van der Waals surface area (Å²) in [6.45, 7) is 4.47. The largest absolute Gasteiger partial charge is 0.394 e. The lowest BCUT2D eigenvalue weighted by Crippen LogP contribution is -2.61. The quantitative estimate of drug-likeness (QED) is 0.0429. The third kappa shape index (κ3) is 16.0. The first kappa shape index (κ1) is 51.4. The minimum Gasteiger partial charge on any atom is -0.394 e. The highest BCUT2D eigenvalue weighted by molar-refractivity contribution is 5.99. The highest BCUT2D eigenvalue weighted by Crippen LogP contribution is 2.21. The molecule has 2 aliphatic heterocycles. The maximum absolute atomic E-state index is 13.5. The third-order valence-electron chi connectivity index (χ3n) is 9.75. The number of nitrogens with one attached hydrogen (secondary N) is 8. The van der Waals surface area contributed by atoms with Crippen LogP contribution in [0.5, 0.6) is 0 Å².